The Morgan fingerprint density at radius 1 is 1.44 bits per heavy atom. The maximum Gasteiger partial charge on any atom is 0.355 e. The highest BCUT2D eigenvalue weighted by Crippen LogP contribution is 2.41. The maximum absolute atomic E-state index is 11.0. The quantitative estimate of drug-likeness (QED) is 0.906. The first-order chi connectivity index (χ1) is 8.39. The van der Waals surface area contributed by atoms with Crippen LogP contribution in [-0.2, 0) is 0 Å². The van der Waals surface area contributed by atoms with Gasteiger partial charge in [-0.1, -0.05) is 13.8 Å². The number of aromatic carboxylic acids is 1. The predicted molar refractivity (Wildman–Crippen MR) is 71.7 cm³/mol. The molecule has 1 N–H and O–H groups in total. The summed E-state index contributed by atoms with van der Waals surface area (Å²) in [4.78, 5) is 19.5. The molecule has 0 unspecified atom stereocenters. The minimum Gasteiger partial charge on any atom is -0.476 e. The normalized spacial score (nSPS) is 19.7. The number of halogens is 1. The average Bonchev–Trinajstić information content (AvgIpc) is 2.30. The van der Waals surface area contributed by atoms with Crippen LogP contribution in [0.4, 0.5) is 0 Å². The molecule has 0 saturated heterocycles. The number of carboxylic acid groups (broad SMARTS) is 1. The second-order valence-corrected chi connectivity index (χ2v) is 6.52. The lowest BCUT2D eigenvalue weighted by Crippen LogP contribution is -2.22. The largest absolute Gasteiger partial charge is 0.476 e. The molecule has 1 aromatic heterocycles. The van der Waals surface area contributed by atoms with Gasteiger partial charge in [0.1, 0.15) is 5.82 Å². The molecule has 2 rings (SSSR count). The minimum atomic E-state index is -1.01. The van der Waals surface area contributed by atoms with Gasteiger partial charge >= 0.3 is 5.97 Å². The van der Waals surface area contributed by atoms with E-state index in [1.807, 2.05) is 0 Å². The van der Waals surface area contributed by atoms with E-state index in [-0.39, 0.29) is 5.69 Å². The second-order valence-electron chi connectivity index (χ2n) is 5.67. The fourth-order valence-corrected chi connectivity index (χ4v) is 2.75. The molecule has 4 nitrogen and oxygen atoms in total. The van der Waals surface area contributed by atoms with Crippen molar-refractivity contribution in [3.05, 3.63) is 22.2 Å². The molecule has 0 aromatic carbocycles. The summed E-state index contributed by atoms with van der Waals surface area (Å²) in [6, 6.07) is 0. The molecule has 0 radical (unpaired) electrons. The molecule has 18 heavy (non-hydrogen) atoms. The molecule has 0 amide bonds. The van der Waals surface area contributed by atoms with Crippen LogP contribution in [-0.4, -0.2) is 21.0 Å². The lowest BCUT2D eigenvalue weighted by atomic mass is 9.73. The number of nitrogens with zero attached hydrogens (tertiary/aromatic N) is 2. The molecule has 1 saturated carbocycles. The summed E-state index contributed by atoms with van der Waals surface area (Å²) >= 11 is 3.17. The molecular weight excluding hydrogens is 296 g/mol. The third-order valence-electron chi connectivity index (χ3n) is 3.67. The van der Waals surface area contributed by atoms with E-state index in [0.29, 0.717) is 21.6 Å². The molecular formula is C13H17BrN2O2. The van der Waals surface area contributed by atoms with Gasteiger partial charge in [0, 0.05) is 12.1 Å². The van der Waals surface area contributed by atoms with Crippen molar-refractivity contribution in [3.8, 4) is 0 Å². The standard InChI is InChI=1S/C13H17BrN2O2/c1-13(2)5-3-8(4-6-13)11-15-7-9(14)10(16-11)12(17)18/h7-8H,3-6H2,1-2H3,(H,17,18). The van der Waals surface area contributed by atoms with Crippen LogP contribution >= 0.6 is 15.9 Å². The van der Waals surface area contributed by atoms with Crippen LogP contribution in [0.25, 0.3) is 0 Å². The predicted octanol–water partition coefficient (Wildman–Crippen LogP) is 3.62. The van der Waals surface area contributed by atoms with Gasteiger partial charge in [0.2, 0.25) is 0 Å². The van der Waals surface area contributed by atoms with Gasteiger partial charge in [-0.05, 0) is 47.0 Å². The third kappa shape index (κ3) is 2.88. The third-order valence-corrected chi connectivity index (χ3v) is 4.25. The molecule has 0 bridgehead atoms. The van der Waals surface area contributed by atoms with E-state index < -0.39 is 5.97 Å². The fourth-order valence-electron chi connectivity index (χ4n) is 2.38. The molecule has 0 aliphatic heterocycles. The summed E-state index contributed by atoms with van der Waals surface area (Å²) in [6.45, 7) is 4.54. The Bertz CT molecular complexity index is 464. The van der Waals surface area contributed by atoms with Gasteiger partial charge in [0.05, 0.1) is 4.47 Å². The van der Waals surface area contributed by atoms with Crippen LogP contribution in [0, 0.1) is 5.41 Å². The van der Waals surface area contributed by atoms with Crippen molar-refractivity contribution in [2.45, 2.75) is 45.4 Å². The Balaban J connectivity index is 2.20. The number of rotatable bonds is 2. The molecule has 1 aliphatic rings. The number of aromatic nitrogens is 2. The molecule has 1 heterocycles. The molecule has 0 spiro atoms. The van der Waals surface area contributed by atoms with E-state index in [0.717, 1.165) is 25.7 Å². The first-order valence-electron chi connectivity index (χ1n) is 6.15. The molecule has 98 valence electrons. The SMILES string of the molecule is CC1(C)CCC(c2ncc(Br)c(C(=O)O)n2)CC1. The fraction of sp³-hybridized carbons (Fsp3) is 0.615. The zero-order valence-electron chi connectivity index (χ0n) is 10.6. The highest BCUT2D eigenvalue weighted by Gasteiger charge is 2.29. The van der Waals surface area contributed by atoms with E-state index in [1.165, 1.54) is 0 Å². The van der Waals surface area contributed by atoms with Gasteiger partial charge in [-0.2, -0.15) is 0 Å². The molecule has 0 atom stereocenters. The van der Waals surface area contributed by atoms with Crippen molar-refractivity contribution in [2.75, 3.05) is 0 Å². The number of carboxylic acids is 1. The van der Waals surface area contributed by atoms with Crippen molar-refractivity contribution in [1.82, 2.24) is 9.97 Å². The Labute approximate surface area is 115 Å². The zero-order chi connectivity index (χ0) is 13.3. The van der Waals surface area contributed by atoms with E-state index in [2.05, 4.69) is 39.7 Å². The van der Waals surface area contributed by atoms with Crippen LogP contribution in [0.3, 0.4) is 0 Å². The van der Waals surface area contributed by atoms with Crippen LogP contribution in [0.5, 0.6) is 0 Å². The highest BCUT2D eigenvalue weighted by atomic mass is 79.9. The van der Waals surface area contributed by atoms with Crippen LogP contribution < -0.4 is 0 Å². The molecule has 1 aromatic rings. The van der Waals surface area contributed by atoms with Crippen molar-refractivity contribution in [1.29, 1.82) is 0 Å². The average molecular weight is 313 g/mol. The Morgan fingerprint density at radius 3 is 2.61 bits per heavy atom. The Kier molecular flexibility index (Phi) is 3.71. The minimum absolute atomic E-state index is 0.0600. The number of hydrogen-bond acceptors (Lipinski definition) is 3. The first-order valence-corrected chi connectivity index (χ1v) is 6.94. The molecule has 1 fully saturated rings. The Morgan fingerprint density at radius 2 is 2.06 bits per heavy atom. The Hall–Kier alpha value is -0.970. The van der Waals surface area contributed by atoms with E-state index >= 15 is 0 Å². The van der Waals surface area contributed by atoms with E-state index in [9.17, 15) is 4.79 Å². The summed E-state index contributed by atoms with van der Waals surface area (Å²) in [7, 11) is 0. The zero-order valence-corrected chi connectivity index (χ0v) is 12.2. The van der Waals surface area contributed by atoms with Gasteiger partial charge in [0.15, 0.2) is 5.69 Å². The topological polar surface area (TPSA) is 63.1 Å². The lowest BCUT2D eigenvalue weighted by Gasteiger charge is -2.33. The van der Waals surface area contributed by atoms with Gasteiger partial charge < -0.3 is 5.11 Å². The molecule has 5 heteroatoms. The van der Waals surface area contributed by atoms with Gasteiger partial charge in [0.25, 0.3) is 0 Å². The van der Waals surface area contributed by atoms with Crippen molar-refractivity contribution in [2.24, 2.45) is 5.41 Å². The van der Waals surface area contributed by atoms with E-state index in [1.54, 1.807) is 6.20 Å². The lowest BCUT2D eigenvalue weighted by molar-refractivity contribution is 0.0688. The van der Waals surface area contributed by atoms with Crippen LogP contribution in [0.2, 0.25) is 0 Å². The van der Waals surface area contributed by atoms with Crippen molar-refractivity contribution >= 4 is 21.9 Å². The van der Waals surface area contributed by atoms with Gasteiger partial charge in [-0.3, -0.25) is 0 Å². The van der Waals surface area contributed by atoms with Gasteiger partial charge in [-0.15, -0.1) is 0 Å². The molecule has 1 aliphatic carbocycles. The summed E-state index contributed by atoms with van der Waals surface area (Å²) in [5, 5.41) is 9.05. The maximum atomic E-state index is 11.0. The summed E-state index contributed by atoms with van der Waals surface area (Å²) < 4.78 is 0.440. The smallest absolute Gasteiger partial charge is 0.355 e. The van der Waals surface area contributed by atoms with Crippen molar-refractivity contribution in [3.63, 3.8) is 0 Å². The second kappa shape index (κ2) is 4.96. The summed E-state index contributed by atoms with van der Waals surface area (Å²) in [5.41, 5.74) is 0.450. The van der Waals surface area contributed by atoms with Crippen molar-refractivity contribution < 1.29 is 9.90 Å². The number of hydrogen-bond donors (Lipinski definition) is 1. The van der Waals surface area contributed by atoms with Crippen LogP contribution in [0.15, 0.2) is 10.7 Å². The number of carbonyl (C=O) groups is 1. The highest BCUT2D eigenvalue weighted by molar-refractivity contribution is 9.10. The monoisotopic (exact) mass is 312 g/mol. The van der Waals surface area contributed by atoms with Crippen LogP contribution in [0.1, 0.15) is 61.8 Å². The summed E-state index contributed by atoms with van der Waals surface area (Å²) in [6.07, 6.45) is 5.89. The summed E-state index contributed by atoms with van der Waals surface area (Å²) in [5.74, 6) is -0.0445. The van der Waals surface area contributed by atoms with Gasteiger partial charge in [-0.25, -0.2) is 14.8 Å². The van der Waals surface area contributed by atoms with E-state index in [4.69, 9.17) is 5.11 Å². The first kappa shape index (κ1) is 13.5.